The second-order valence-electron chi connectivity index (χ2n) is 9.53. The summed E-state index contributed by atoms with van der Waals surface area (Å²) in [5.74, 6) is -1.04. The normalized spacial score (nSPS) is 16.8. The van der Waals surface area contributed by atoms with Gasteiger partial charge >= 0.3 is 0 Å². The van der Waals surface area contributed by atoms with E-state index in [0.717, 1.165) is 29.9 Å². The number of carbonyl (C=O) groups excluding carboxylic acids is 2. The highest BCUT2D eigenvalue weighted by Crippen LogP contribution is 2.43. The SMILES string of the molecule is CCN(CC)c1ccc(C2/C(=C(/O)c3ccc(Cl)c(OC)c3)C(=O)C(=O)N2c2ccc(C(C)C)cc2)cc1. The molecule has 1 aliphatic rings. The van der Waals surface area contributed by atoms with Gasteiger partial charge in [0.1, 0.15) is 11.5 Å². The Labute approximate surface area is 229 Å². The van der Waals surface area contributed by atoms with Gasteiger partial charge in [0.2, 0.25) is 0 Å². The first-order valence-electron chi connectivity index (χ1n) is 12.8. The van der Waals surface area contributed by atoms with E-state index in [1.165, 1.54) is 12.0 Å². The number of amides is 1. The fraction of sp³-hybridized carbons (Fsp3) is 0.290. The van der Waals surface area contributed by atoms with E-state index in [2.05, 4.69) is 32.6 Å². The Morgan fingerprint density at radius 2 is 1.63 bits per heavy atom. The van der Waals surface area contributed by atoms with Gasteiger partial charge in [-0.05, 0) is 73.4 Å². The zero-order valence-corrected chi connectivity index (χ0v) is 23.1. The molecule has 6 nitrogen and oxygen atoms in total. The van der Waals surface area contributed by atoms with Crippen LogP contribution in [-0.2, 0) is 9.59 Å². The van der Waals surface area contributed by atoms with Crippen LogP contribution in [0.25, 0.3) is 5.76 Å². The standard InChI is InChI=1S/C31H33ClN2O4/c1-6-33(7-2)23-13-10-21(11-14-23)28-27(29(35)22-12-17-25(32)26(18-22)38-5)30(36)31(37)34(28)24-15-8-20(9-16-24)19(3)4/h8-19,28,35H,6-7H2,1-5H3/b29-27-. The largest absolute Gasteiger partial charge is 0.507 e. The number of benzene rings is 3. The van der Waals surface area contributed by atoms with Crippen molar-refractivity contribution in [1.82, 2.24) is 0 Å². The lowest BCUT2D eigenvalue weighted by Gasteiger charge is -2.27. The van der Waals surface area contributed by atoms with Crippen LogP contribution in [0.5, 0.6) is 5.75 Å². The van der Waals surface area contributed by atoms with E-state index in [-0.39, 0.29) is 11.3 Å². The van der Waals surface area contributed by atoms with E-state index in [4.69, 9.17) is 16.3 Å². The van der Waals surface area contributed by atoms with Crippen molar-refractivity contribution in [1.29, 1.82) is 0 Å². The molecule has 4 rings (SSSR count). The van der Waals surface area contributed by atoms with E-state index in [9.17, 15) is 14.7 Å². The lowest BCUT2D eigenvalue weighted by atomic mass is 9.94. The molecule has 3 aromatic rings. The van der Waals surface area contributed by atoms with Gasteiger partial charge < -0.3 is 14.7 Å². The Balaban J connectivity index is 1.90. The van der Waals surface area contributed by atoms with Crippen molar-refractivity contribution in [3.05, 3.63) is 94.0 Å². The Bertz CT molecular complexity index is 1360. The summed E-state index contributed by atoms with van der Waals surface area (Å²) in [5.41, 5.74) is 3.82. The first kappa shape index (κ1) is 27.3. The number of aliphatic hydroxyl groups excluding tert-OH is 1. The average Bonchev–Trinajstić information content (AvgIpc) is 3.19. The van der Waals surface area contributed by atoms with E-state index in [1.807, 2.05) is 48.5 Å². The number of aliphatic hydroxyl groups is 1. The Hall–Kier alpha value is -3.77. The summed E-state index contributed by atoms with van der Waals surface area (Å²) in [5, 5.41) is 11.8. The van der Waals surface area contributed by atoms with E-state index >= 15 is 0 Å². The van der Waals surface area contributed by atoms with Crippen LogP contribution in [0.1, 0.15) is 56.3 Å². The number of methoxy groups -OCH3 is 1. The molecule has 1 heterocycles. The number of carbonyl (C=O) groups is 2. The first-order chi connectivity index (χ1) is 18.2. The number of nitrogens with zero attached hydrogens (tertiary/aromatic N) is 2. The number of anilines is 2. The predicted octanol–water partition coefficient (Wildman–Crippen LogP) is 6.94. The molecular formula is C31H33ClN2O4. The van der Waals surface area contributed by atoms with Gasteiger partial charge in [-0.25, -0.2) is 0 Å². The molecule has 1 amide bonds. The van der Waals surface area contributed by atoms with Gasteiger partial charge in [0, 0.05) is 30.0 Å². The topological polar surface area (TPSA) is 70.1 Å². The number of ketones is 1. The highest BCUT2D eigenvalue weighted by atomic mass is 35.5. The van der Waals surface area contributed by atoms with E-state index in [0.29, 0.717) is 27.9 Å². The predicted molar refractivity (Wildman–Crippen MR) is 153 cm³/mol. The third-order valence-electron chi connectivity index (χ3n) is 7.04. The number of halogens is 1. The van der Waals surface area contributed by atoms with Crippen molar-refractivity contribution in [3.63, 3.8) is 0 Å². The molecule has 1 aliphatic heterocycles. The summed E-state index contributed by atoms with van der Waals surface area (Å²) >= 11 is 6.18. The third-order valence-corrected chi connectivity index (χ3v) is 7.36. The van der Waals surface area contributed by atoms with Crippen LogP contribution in [0.15, 0.2) is 72.3 Å². The van der Waals surface area contributed by atoms with Crippen LogP contribution < -0.4 is 14.5 Å². The molecule has 0 radical (unpaired) electrons. The second kappa shape index (κ2) is 11.3. The van der Waals surface area contributed by atoms with Crippen molar-refractivity contribution in [3.8, 4) is 5.75 Å². The fourth-order valence-corrected chi connectivity index (χ4v) is 5.05. The molecule has 1 fully saturated rings. The maximum Gasteiger partial charge on any atom is 0.300 e. The maximum absolute atomic E-state index is 13.5. The second-order valence-corrected chi connectivity index (χ2v) is 9.94. The van der Waals surface area contributed by atoms with Crippen molar-refractivity contribution in [2.75, 3.05) is 30.0 Å². The fourth-order valence-electron chi connectivity index (χ4n) is 4.85. The van der Waals surface area contributed by atoms with Crippen LogP contribution in [0.3, 0.4) is 0 Å². The number of ether oxygens (including phenoxy) is 1. The van der Waals surface area contributed by atoms with Crippen LogP contribution in [0, 0.1) is 0 Å². The zero-order chi connectivity index (χ0) is 27.6. The molecule has 1 unspecified atom stereocenters. The quantitative estimate of drug-likeness (QED) is 0.193. The molecule has 0 bridgehead atoms. The number of hydrogen-bond donors (Lipinski definition) is 1. The smallest absolute Gasteiger partial charge is 0.300 e. The van der Waals surface area contributed by atoms with Crippen molar-refractivity contribution in [2.24, 2.45) is 0 Å². The Morgan fingerprint density at radius 1 is 1.00 bits per heavy atom. The van der Waals surface area contributed by atoms with Gasteiger partial charge in [-0.15, -0.1) is 0 Å². The molecule has 1 N–H and O–H groups in total. The summed E-state index contributed by atoms with van der Waals surface area (Å²) in [6.45, 7) is 10.1. The molecule has 1 saturated heterocycles. The molecule has 198 valence electrons. The van der Waals surface area contributed by atoms with Crippen molar-refractivity contribution < 1.29 is 19.4 Å². The molecule has 0 aliphatic carbocycles. The van der Waals surface area contributed by atoms with Crippen LogP contribution in [0.2, 0.25) is 5.02 Å². The summed E-state index contributed by atoms with van der Waals surface area (Å²) in [7, 11) is 1.47. The zero-order valence-electron chi connectivity index (χ0n) is 22.4. The summed E-state index contributed by atoms with van der Waals surface area (Å²) in [6.07, 6.45) is 0. The Morgan fingerprint density at radius 3 is 2.18 bits per heavy atom. The highest BCUT2D eigenvalue weighted by molar-refractivity contribution is 6.51. The number of hydrogen-bond acceptors (Lipinski definition) is 5. The minimum atomic E-state index is -0.813. The minimum absolute atomic E-state index is 0.0166. The van der Waals surface area contributed by atoms with Gasteiger partial charge in [0.15, 0.2) is 0 Å². The minimum Gasteiger partial charge on any atom is -0.507 e. The molecule has 0 saturated carbocycles. The number of Topliss-reactive ketones (excluding diaryl/α,β-unsaturated/α-hetero) is 1. The van der Waals surface area contributed by atoms with Gasteiger partial charge in [0.05, 0.1) is 23.7 Å². The molecule has 1 atom stereocenters. The first-order valence-corrected chi connectivity index (χ1v) is 13.2. The van der Waals surface area contributed by atoms with Gasteiger partial charge in [-0.1, -0.05) is 49.7 Å². The van der Waals surface area contributed by atoms with E-state index in [1.54, 1.807) is 18.2 Å². The molecule has 0 spiro atoms. The molecule has 38 heavy (non-hydrogen) atoms. The number of rotatable bonds is 8. The molecule has 3 aromatic carbocycles. The van der Waals surface area contributed by atoms with Gasteiger partial charge in [-0.2, -0.15) is 0 Å². The van der Waals surface area contributed by atoms with Gasteiger partial charge in [-0.3, -0.25) is 14.5 Å². The third kappa shape index (κ3) is 5.01. The highest BCUT2D eigenvalue weighted by Gasteiger charge is 2.47. The van der Waals surface area contributed by atoms with Crippen LogP contribution >= 0.6 is 11.6 Å². The van der Waals surface area contributed by atoms with Crippen LogP contribution in [0.4, 0.5) is 11.4 Å². The summed E-state index contributed by atoms with van der Waals surface area (Å²) < 4.78 is 5.30. The van der Waals surface area contributed by atoms with Gasteiger partial charge in [0.25, 0.3) is 11.7 Å². The molecule has 7 heteroatoms. The van der Waals surface area contributed by atoms with Crippen LogP contribution in [-0.4, -0.2) is 37.0 Å². The molecular weight excluding hydrogens is 500 g/mol. The lowest BCUT2D eigenvalue weighted by molar-refractivity contribution is -0.132. The molecule has 0 aromatic heterocycles. The van der Waals surface area contributed by atoms with E-state index < -0.39 is 17.7 Å². The Kier molecular flexibility index (Phi) is 8.12. The van der Waals surface area contributed by atoms with Crippen molar-refractivity contribution in [2.45, 2.75) is 39.7 Å². The monoisotopic (exact) mass is 532 g/mol. The average molecular weight is 533 g/mol. The maximum atomic E-state index is 13.5. The van der Waals surface area contributed by atoms with Crippen molar-refractivity contribution >= 4 is 40.4 Å². The lowest BCUT2D eigenvalue weighted by Crippen LogP contribution is -2.29. The summed E-state index contributed by atoms with van der Waals surface area (Å²) in [6, 6.07) is 19.3. The summed E-state index contributed by atoms with van der Waals surface area (Å²) in [4.78, 5) is 30.6.